The van der Waals surface area contributed by atoms with Gasteiger partial charge in [-0.3, -0.25) is 4.79 Å². The van der Waals surface area contributed by atoms with Crippen LogP contribution in [0.4, 0.5) is 14.6 Å². The maximum atomic E-state index is 13.6. The zero-order valence-electron chi connectivity index (χ0n) is 15.5. The van der Waals surface area contributed by atoms with Crippen LogP contribution in [-0.2, 0) is 17.6 Å². The number of nitrogens with zero attached hydrogens (tertiary/aromatic N) is 3. The molecule has 0 saturated carbocycles. The summed E-state index contributed by atoms with van der Waals surface area (Å²) < 4.78 is 28.1. The number of nitrogens with one attached hydrogen (secondary N) is 1. The molecule has 148 valence electrons. The molecule has 1 aromatic heterocycles. The van der Waals surface area contributed by atoms with Crippen LogP contribution < -0.4 is 11.1 Å². The first-order chi connectivity index (χ1) is 14.0. The van der Waals surface area contributed by atoms with Gasteiger partial charge in [0.1, 0.15) is 29.1 Å². The Morgan fingerprint density at radius 2 is 1.90 bits per heavy atom. The van der Waals surface area contributed by atoms with Gasteiger partial charge >= 0.3 is 0 Å². The van der Waals surface area contributed by atoms with E-state index in [0.29, 0.717) is 36.3 Å². The Labute approximate surface area is 166 Å². The van der Waals surface area contributed by atoms with Crippen LogP contribution in [0.25, 0.3) is 5.69 Å². The maximum absolute atomic E-state index is 13.6. The molecule has 29 heavy (non-hydrogen) atoms. The lowest BCUT2D eigenvalue weighted by atomic mass is 10.1. The number of hydrogen-bond donors (Lipinski definition) is 2. The number of halogens is 2. The second kappa shape index (κ2) is 8.97. The van der Waals surface area contributed by atoms with E-state index in [0.717, 1.165) is 0 Å². The smallest absolute Gasteiger partial charge is 0.224 e. The molecule has 0 spiro atoms. The Morgan fingerprint density at radius 1 is 1.17 bits per heavy atom. The van der Waals surface area contributed by atoms with Crippen molar-refractivity contribution in [1.29, 1.82) is 5.26 Å². The van der Waals surface area contributed by atoms with E-state index < -0.39 is 5.82 Å². The Bertz CT molecular complexity index is 1050. The van der Waals surface area contributed by atoms with E-state index in [1.165, 1.54) is 35.0 Å². The van der Waals surface area contributed by atoms with Crippen LogP contribution in [-0.4, -0.2) is 22.2 Å². The van der Waals surface area contributed by atoms with Gasteiger partial charge in [-0.05, 0) is 48.7 Å². The molecular weight excluding hydrogens is 376 g/mol. The number of hydrogen-bond acceptors (Lipinski definition) is 4. The molecule has 6 nitrogen and oxygen atoms in total. The lowest BCUT2D eigenvalue weighted by Gasteiger charge is -2.05. The largest absolute Gasteiger partial charge is 0.382 e. The summed E-state index contributed by atoms with van der Waals surface area (Å²) in [5.41, 5.74) is 7.65. The maximum Gasteiger partial charge on any atom is 0.224 e. The van der Waals surface area contributed by atoms with Crippen molar-refractivity contribution in [2.75, 3.05) is 12.3 Å². The Hall–Kier alpha value is -3.73. The monoisotopic (exact) mass is 395 g/mol. The fourth-order valence-electron chi connectivity index (χ4n) is 2.92. The molecule has 8 heteroatoms. The average Bonchev–Trinajstić information content (AvgIpc) is 3.03. The summed E-state index contributed by atoms with van der Waals surface area (Å²) in [5, 5.41) is 16.5. The minimum Gasteiger partial charge on any atom is -0.382 e. The molecule has 3 aromatic rings. The van der Waals surface area contributed by atoms with E-state index >= 15 is 0 Å². The van der Waals surface area contributed by atoms with Gasteiger partial charge in [0.25, 0.3) is 0 Å². The predicted octanol–water partition coefficient (Wildman–Crippen LogP) is 2.90. The number of nitriles is 1. The molecule has 0 saturated heterocycles. The summed E-state index contributed by atoms with van der Waals surface area (Å²) in [4.78, 5) is 12.0. The standard InChI is InChI=1S/C21H19F2N5O/c22-15-7-9-16(10-8-15)28-21(25)17(13-24)19(27-28)6-3-11-26-20(29)12-14-4-1-2-5-18(14)23/h1-2,4-5,7-10H,3,6,11-12,25H2,(H,26,29). The minimum absolute atomic E-state index is 0.0394. The number of nitrogens with two attached hydrogens (primary N) is 1. The third kappa shape index (κ3) is 4.76. The van der Waals surface area contributed by atoms with Gasteiger partial charge in [-0.15, -0.1) is 0 Å². The van der Waals surface area contributed by atoms with Crippen molar-refractivity contribution in [3.63, 3.8) is 0 Å². The summed E-state index contributed by atoms with van der Waals surface area (Å²) in [6.07, 6.45) is 0.904. The molecule has 0 fully saturated rings. The third-order valence-corrected chi connectivity index (χ3v) is 4.40. The molecular formula is C21H19F2N5O. The topological polar surface area (TPSA) is 96.7 Å². The highest BCUT2D eigenvalue weighted by Crippen LogP contribution is 2.21. The predicted molar refractivity (Wildman–Crippen MR) is 104 cm³/mol. The van der Waals surface area contributed by atoms with Crippen LogP contribution in [0.15, 0.2) is 48.5 Å². The van der Waals surface area contributed by atoms with Crippen LogP contribution in [0.1, 0.15) is 23.2 Å². The van der Waals surface area contributed by atoms with Gasteiger partial charge in [-0.2, -0.15) is 10.4 Å². The van der Waals surface area contributed by atoms with Crippen LogP contribution in [0.3, 0.4) is 0 Å². The summed E-state index contributed by atoms with van der Waals surface area (Å²) in [6, 6.07) is 13.8. The summed E-state index contributed by atoms with van der Waals surface area (Å²) >= 11 is 0. The Morgan fingerprint density at radius 3 is 2.59 bits per heavy atom. The molecule has 0 aliphatic heterocycles. The van der Waals surface area contributed by atoms with Crippen LogP contribution in [0.2, 0.25) is 0 Å². The molecule has 0 radical (unpaired) electrons. The van der Waals surface area contributed by atoms with Crippen LogP contribution in [0, 0.1) is 23.0 Å². The average molecular weight is 395 g/mol. The van der Waals surface area contributed by atoms with Gasteiger partial charge in [0.05, 0.1) is 17.8 Å². The fraction of sp³-hybridized carbons (Fsp3) is 0.190. The molecule has 1 amide bonds. The SMILES string of the molecule is N#Cc1c(CCCNC(=O)Cc2ccccc2F)nn(-c2ccc(F)cc2)c1N. The summed E-state index contributed by atoms with van der Waals surface area (Å²) in [5.74, 6) is -0.904. The van der Waals surface area contributed by atoms with Gasteiger partial charge in [-0.25, -0.2) is 13.5 Å². The molecule has 2 aromatic carbocycles. The number of aromatic nitrogens is 2. The van der Waals surface area contributed by atoms with Crippen LogP contribution >= 0.6 is 0 Å². The van der Waals surface area contributed by atoms with E-state index in [-0.39, 0.29) is 29.5 Å². The fourth-order valence-corrected chi connectivity index (χ4v) is 2.92. The number of anilines is 1. The highest BCUT2D eigenvalue weighted by Gasteiger charge is 2.16. The van der Waals surface area contributed by atoms with Gasteiger partial charge in [0.15, 0.2) is 0 Å². The molecule has 0 unspecified atom stereocenters. The van der Waals surface area contributed by atoms with Crippen molar-refractivity contribution in [1.82, 2.24) is 15.1 Å². The quantitative estimate of drug-likeness (QED) is 0.601. The van der Waals surface area contributed by atoms with Crippen molar-refractivity contribution >= 4 is 11.7 Å². The van der Waals surface area contributed by atoms with Gasteiger partial charge < -0.3 is 11.1 Å². The molecule has 1 heterocycles. The first-order valence-electron chi connectivity index (χ1n) is 9.03. The van der Waals surface area contributed by atoms with Crippen molar-refractivity contribution in [2.45, 2.75) is 19.3 Å². The second-order valence-electron chi connectivity index (χ2n) is 6.43. The minimum atomic E-state index is -0.414. The second-order valence-corrected chi connectivity index (χ2v) is 6.43. The number of aryl methyl sites for hydroxylation is 1. The van der Waals surface area contributed by atoms with E-state index in [2.05, 4.69) is 10.4 Å². The summed E-state index contributed by atoms with van der Waals surface area (Å²) in [7, 11) is 0. The molecule has 0 bridgehead atoms. The van der Waals surface area contributed by atoms with Crippen molar-refractivity contribution in [3.05, 3.63) is 77.0 Å². The molecule has 3 N–H and O–H groups in total. The van der Waals surface area contributed by atoms with Crippen molar-refractivity contribution < 1.29 is 13.6 Å². The van der Waals surface area contributed by atoms with Crippen molar-refractivity contribution in [3.8, 4) is 11.8 Å². The Balaban J connectivity index is 1.59. The lowest BCUT2D eigenvalue weighted by Crippen LogP contribution is -2.26. The normalized spacial score (nSPS) is 10.5. The number of nitrogen functional groups attached to an aromatic ring is 1. The van der Waals surface area contributed by atoms with E-state index in [9.17, 15) is 18.8 Å². The summed E-state index contributed by atoms with van der Waals surface area (Å²) in [6.45, 7) is 0.349. The van der Waals surface area contributed by atoms with Gasteiger partial charge in [0.2, 0.25) is 5.91 Å². The molecule has 0 aliphatic carbocycles. The van der Waals surface area contributed by atoms with Crippen LogP contribution in [0.5, 0.6) is 0 Å². The number of carbonyl (C=O) groups excluding carboxylic acids is 1. The number of carbonyl (C=O) groups is 1. The highest BCUT2D eigenvalue weighted by atomic mass is 19.1. The molecule has 3 rings (SSSR count). The Kier molecular flexibility index (Phi) is 6.19. The van der Waals surface area contributed by atoms with E-state index in [1.54, 1.807) is 18.2 Å². The number of rotatable bonds is 7. The molecule has 0 aliphatic rings. The number of benzene rings is 2. The number of amides is 1. The van der Waals surface area contributed by atoms with E-state index in [1.807, 2.05) is 6.07 Å². The first-order valence-corrected chi connectivity index (χ1v) is 9.03. The first kappa shape index (κ1) is 20.0. The lowest BCUT2D eigenvalue weighted by molar-refractivity contribution is -0.120. The van der Waals surface area contributed by atoms with Crippen molar-refractivity contribution in [2.24, 2.45) is 0 Å². The van der Waals surface area contributed by atoms with Gasteiger partial charge in [-0.1, -0.05) is 18.2 Å². The molecule has 0 atom stereocenters. The highest BCUT2D eigenvalue weighted by molar-refractivity contribution is 5.78. The van der Waals surface area contributed by atoms with Gasteiger partial charge in [0, 0.05) is 6.54 Å². The van der Waals surface area contributed by atoms with E-state index in [4.69, 9.17) is 5.73 Å². The zero-order valence-corrected chi connectivity index (χ0v) is 15.5. The zero-order chi connectivity index (χ0) is 20.8. The third-order valence-electron chi connectivity index (χ3n) is 4.40.